The molecule has 0 heterocycles. The van der Waals surface area contributed by atoms with Crippen LogP contribution in [-0.4, -0.2) is 40.6 Å². The SMILES string of the molecule is O=C(/C=C(/Cl)c1cc(Cl)c(O)c(C(=O)NCO)c1)NCO. The molecule has 0 unspecified atom stereocenters. The van der Waals surface area contributed by atoms with Crippen molar-refractivity contribution in [3.05, 3.63) is 34.4 Å². The number of phenolic OH excluding ortho intramolecular Hbond substituents is 1. The van der Waals surface area contributed by atoms with Crippen LogP contribution < -0.4 is 10.6 Å². The number of rotatable bonds is 5. The number of amides is 2. The molecule has 9 heteroatoms. The normalized spacial score (nSPS) is 11.1. The highest BCUT2D eigenvalue weighted by atomic mass is 35.5. The molecule has 1 aromatic carbocycles. The highest BCUT2D eigenvalue weighted by Gasteiger charge is 2.16. The van der Waals surface area contributed by atoms with Gasteiger partial charge in [-0.1, -0.05) is 23.2 Å². The zero-order valence-electron chi connectivity index (χ0n) is 10.6. The third-order valence-electron chi connectivity index (χ3n) is 2.33. The molecule has 0 spiro atoms. The van der Waals surface area contributed by atoms with E-state index < -0.39 is 31.0 Å². The summed E-state index contributed by atoms with van der Waals surface area (Å²) in [5, 5.41) is 30.9. The number of aliphatic hydroxyl groups excluding tert-OH is 2. The standard InChI is InChI=1S/C12H12Cl2N2O5/c13-8(3-10(19)15-4-17)6-1-7(12(21)16-5-18)11(20)9(14)2-6/h1-3,17-18,20H,4-5H2,(H,15,19)(H,16,21)/b8-3+. The average molecular weight is 335 g/mol. The molecular weight excluding hydrogens is 323 g/mol. The Labute approximate surface area is 129 Å². The molecule has 0 atom stereocenters. The molecule has 0 fully saturated rings. The summed E-state index contributed by atoms with van der Waals surface area (Å²) in [5.41, 5.74) is -0.00341. The third-order valence-corrected chi connectivity index (χ3v) is 2.95. The number of benzene rings is 1. The lowest BCUT2D eigenvalue weighted by Gasteiger charge is -2.09. The second-order valence-electron chi connectivity index (χ2n) is 3.71. The molecule has 21 heavy (non-hydrogen) atoms. The summed E-state index contributed by atoms with van der Waals surface area (Å²) in [7, 11) is 0. The molecule has 0 bridgehead atoms. The topological polar surface area (TPSA) is 119 Å². The lowest BCUT2D eigenvalue weighted by Crippen LogP contribution is -2.24. The molecule has 114 valence electrons. The molecule has 0 aliphatic rings. The Kier molecular flexibility index (Phi) is 6.44. The molecule has 0 saturated carbocycles. The summed E-state index contributed by atoms with van der Waals surface area (Å²) in [6.07, 6.45) is 0.980. The van der Waals surface area contributed by atoms with Crippen LogP contribution in [0.1, 0.15) is 15.9 Å². The molecule has 2 amide bonds. The van der Waals surface area contributed by atoms with Crippen molar-refractivity contribution in [3.8, 4) is 5.75 Å². The van der Waals surface area contributed by atoms with Gasteiger partial charge in [-0.05, 0) is 17.7 Å². The van der Waals surface area contributed by atoms with Gasteiger partial charge in [0.1, 0.15) is 19.2 Å². The van der Waals surface area contributed by atoms with Gasteiger partial charge in [0.15, 0.2) is 0 Å². The Morgan fingerprint density at radius 2 is 1.81 bits per heavy atom. The van der Waals surface area contributed by atoms with Gasteiger partial charge in [0.2, 0.25) is 5.91 Å². The number of carbonyl (C=O) groups is 2. The monoisotopic (exact) mass is 334 g/mol. The number of hydrogen-bond acceptors (Lipinski definition) is 5. The summed E-state index contributed by atoms with van der Waals surface area (Å²) in [6.45, 7) is -1.18. The number of halogens is 2. The molecule has 0 aromatic heterocycles. The van der Waals surface area contributed by atoms with Crippen LogP contribution >= 0.6 is 23.2 Å². The molecule has 5 N–H and O–H groups in total. The molecule has 0 aliphatic heterocycles. The Hall–Kier alpha value is -1.80. The zero-order valence-corrected chi connectivity index (χ0v) is 12.1. The Morgan fingerprint density at radius 1 is 1.19 bits per heavy atom. The van der Waals surface area contributed by atoms with E-state index in [2.05, 4.69) is 10.6 Å². The first-order chi connectivity index (χ1) is 9.90. The predicted molar refractivity (Wildman–Crippen MR) is 76.7 cm³/mol. The smallest absolute Gasteiger partial charge is 0.256 e. The summed E-state index contributed by atoms with van der Waals surface area (Å²) in [5.74, 6) is -1.88. The molecule has 0 saturated heterocycles. The van der Waals surface area contributed by atoms with Gasteiger partial charge in [-0.3, -0.25) is 9.59 Å². The summed E-state index contributed by atoms with van der Waals surface area (Å²) >= 11 is 11.7. The maximum atomic E-state index is 11.7. The minimum absolute atomic E-state index is 0.0547. The quantitative estimate of drug-likeness (QED) is 0.394. The first-order valence-electron chi connectivity index (χ1n) is 5.58. The minimum atomic E-state index is -0.761. The van der Waals surface area contributed by atoms with Crippen molar-refractivity contribution in [1.29, 1.82) is 0 Å². The van der Waals surface area contributed by atoms with E-state index in [1.54, 1.807) is 0 Å². The third kappa shape index (κ3) is 4.61. The van der Waals surface area contributed by atoms with Gasteiger partial charge in [0.05, 0.1) is 15.6 Å². The first kappa shape index (κ1) is 17.3. The number of aliphatic hydroxyl groups is 2. The van der Waals surface area contributed by atoms with Crippen LogP contribution in [0.5, 0.6) is 5.75 Å². The van der Waals surface area contributed by atoms with Gasteiger partial charge in [0, 0.05) is 6.08 Å². The van der Waals surface area contributed by atoms with Crippen LogP contribution in [-0.2, 0) is 4.79 Å². The largest absolute Gasteiger partial charge is 0.506 e. The van der Waals surface area contributed by atoms with E-state index >= 15 is 0 Å². The average Bonchev–Trinajstić information content (AvgIpc) is 2.41. The van der Waals surface area contributed by atoms with E-state index in [0.29, 0.717) is 0 Å². The molecule has 1 aromatic rings. The lowest BCUT2D eigenvalue weighted by molar-refractivity contribution is -0.117. The maximum Gasteiger partial charge on any atom is 0.256 e. The van der Waals surface area contributed by atoms with E-state index in [9.17, 15) is 14.7 Å². The second kappa shape index (κ2) is 7.84. The van der Waals surface area contributed by atoms with Crippen LogP contribution in [0.3, 0.4) is 0 Å². The van der Waals surface area contributed by atoms with Crippen molar-refractivity contribution in [1.82, 2.24) is 10.6 Å². The fraction of sp³-hybridized carbons (Fsp3) is 0.167. The predicted octanol–water partition coefficient (Wildman–Crippen LogP) is 0.371. The molecule has 1 rings (SSSR count). The van der Waals surface area contributed by atoms with Crippen LogP contribution in [0, 0.1) is 0 Å². The number of hydrogen-bond donors (Lipinski definition) is 5. The lowest BCUT2D eigenvalue weighted by atomic mass is 10.1. The summed E-state index contributed by atoms with van der Waals surface area (Å²) in [6, 6.07) is 2.47. The van der Waals surface area contributed by atoms with E-state index in [1.165, 1.54) is 12.1 Å². The zero-order chi connectivity index (χ0) is 16.0. The van der Waals surface area contributed by atoms with Crippen molar-refractivity contribution < 1.29 is 24.9 Å². The fourth-order valence-electron chi connectivity index (χ4n) is 1.40. The van der Waals surface area contributed by atoms with E-state index in [0.717, 1.165) is 6.08 Å². The molecular formula is C12H12Cl2N2O5. The van der Waals surface area contributed by atoms with Gasteiger partial charge in [-0.25, -0.2) is 0 Å². The molecule has 0 radical (unpaired) electrons. The van der Waals surface area contributed by atoms with Crippen LogP contribution in [0.15, 0.2) is 18.2 Å². The molecule has 7 nitrogen and oxygen atoms in total. The maximum absolute atomic E-state index is 11.7. The van der Waals surface area contributed by atoms with Gasteiger partial charge in [0.25, 0.3) is 5.91 Å². The number of carbonyl (C=O) groups excluding carboxylic acids is 2. The number of aromatic hydroxyl groups is 1. The van der Waals surface area contributed by atoms with Crippen LogP contribution in [0.2, 0.25) is 5.02 Å². The van der Waals surface area contributed by atoms with Gasteiger partial charge >= 0.3 is 0 Å². The van der Waals surface area contributed by atoms with E-state index in [-0.39, 0.29) is 21.2 Å². The number of nitrogens with one attached hydrogen (secondary N) is 2. The van der Waals surface area contributed by atoms with Crippen LogP contribution in [0.4, 0.5) is 0 Å². The van der Waals surface area contributed by atoms with Gasteiger partial charge in [-0.2, -0.15) is 0 Å². The molecule has 0 aliphatic carbocycles. The highest BCUT2D eigenvalue weighted by Crippen LogP contribution is 2.32. The summed E-state index contributed by atoms with van der Waals surface area (Å²) in [4.78, 5) is 22.9. The van der Waals surface area contributed by atoms with Crippen molar-refractivity contribution in [2.24, 2.45) is 0 Å². The Bertz CT molecular complexity index is 589. The van der Waals surface area contributed by atoms with Gasteiger partial charge in [-0.15, -0.1) is 0 Å². The van der Waals surface area contributed by atoms with E-state index in [1.807, 2.05) is 0 Å². The fourth-order valence-corrected chi connectivity index (χ4v) is 1.83. The van der Waals surface area contributed by atoms with Crippen molar-refractivity contribution in [2.45, 2.75) is 0 Å². The van der Waals surface area contributed by atoms with E-state index in [4.69, 9.17) is 33.4 Å². The Morgan fingerprint density at radius 3 is 2.38 bits per heavy atom. The van der Waals surface area contributed by atoms with Gasteiger partial charge < -0.3 is 26.0 Å². The van der Waals surface area contributed by atoms with Crippen molar-refractivity contribution in [3.63, 3.8) is 0 Å². The second-order valence-corrected chi connectivity index (χ2v) is 4.52. The Balaban J connectivity index is 3.20. The summed E-state index contributed by atoms with van der Waals surface area (Å²) < 4.78 is 0. The minimum Gasteiger partial charge on any atom is -0.506 e. The van der Waals surface area contributed by atoms with Crippen LogP contribution in [0.25, 0.3) is 5.03 Å². The highest BCUT2D eigenvalue weighted by molar-refractivity contribution is 6.50. The van der Waals surface area contributed by atoms with Crippen molar-refractivity contribution >= 4 is 40.0 Å². The van der Waals surface area contributed by atoms with Crippen molar-refractivity contribution in [2.75, 3.05) is 13.5 Å². The first-order valence-corrected chi connectivity index (χ1v) is 6.34. The number of phenols is 1.